The first-order valence-corrected chi connectivity index (χ1v) is 3.39. The molecular weight excluding hydrogens is 162 g/mol. The highest BCUT2D eigenvalue weighted by atomic mass is 16.3. The molecule has 5 nitrogen and oxygen atoms in total. The summed E-state index contributed by atoms with van der Waals surface area (Å²) in [5, 5.41) is 17.4. The SMILES string of the molecule is CN1C(=O)C(CO)=C(CO)C1=O. The summed E-state index contributed by atoms with van der Waals surface area (Å²) < 4.78 is 0. The zero-order valence-electron chi connectivity index (χ0n) is 6.57. The maximum absolute atomic E-state index is 11.1. The molecule has 1 aliphatic heterocycles. The Kier molecular flexibility index (Phi) is 2.25. The van der Waals surface area contributed by atoms with E-state index in [-0.39, 0.29) is 11.1 Å². The molecule has 0 aromatic carbocycles. The minimum Gasteiger partial charge on any atom is -0.391 e. The van der Waals surface area contributed by atoms with E-state index in [1.807, 2.05) is 0 Å². The van der Waals surface area contributed by atoms with Crippen LogP contribution in [0.2, 0.25) is 0 Å². The molecule has 0 saturated carbocycles. The second-order valence-corrected chi connectivity index (χ2v) is 2.44. The number of imide groups is 1. The van der Waals surface area contributed by atoms with Crippen molar-refractivity contribution in [2.45, 2.75) is 0 Å². The minimum absolute atomic E-state index is 0.00926. The smallest absolute Gasteiger partial charge is 0.259 e. The van der Waals surface area contributed by atoms with E-state index >= 15 is 0 Å². The first-order valence-electron chi connectivity index (χ1n) is 3.39. The molecule has 1 rings (SSSR count). The van der Waals surface area contributed by atoms with Gasteiger partial charge in [0, 0.05) is 7.05 Å². The van der Waals surface area contributed by atoms with Crippen molar-refractivity contribution in [3.63, 3.8) is 0 Å². The summed E-state index contributed by atoms with van der Waals surface area (Å²) in [6, 6.07) is 0. The summed E-state index contributed by atoms with van der Waals surface area (Å²) in [6.07, 6.45) is 0. The van der Waals surface area contributed by atoms with Crippen molar-refractivity contribution in [2.24, 2.45) is 0 Å². The van der Waals surface area contributed by atoms with Crippen LogP contribution in [0.4, 0.5) is 0 Å². The summed E-state index contributed by atoms with van der Waals surface area (Å²) in [7, 11) is 1.31. The molecule has 0 atom stereocenters. The third-order valence-electron chi connectivity index (χ3n) is 1.81. The van der Waals surface area contributed by atoms with Crippen LogP contribution < -0.4 is 0 Å². The fourth-order valence-corrected chi connectivity index (χ4v) is 1.08. The molecule has 0 fully saturated rings. The van der Waals surface area contributed by atoms with Crippen LogP contribution in [0.1, 0.15) is 0 Å². The highest BCUT2D eigenvalue weighted by molar-refractivity contribution is 6.19. The number of hydrogen-bond donors (Lipinski definition) is 2. The first kappa shape index (κ1) is 8.89. The molecular formula is C7H9NO4. The van der Waals surface area contributed by atoms with Crippen molar-refractivity contribution in [1.29, 1.82) is 0 Å². The molecule has 5 heteroatoms. The zero-order chi connectivity index (χ0) is 9.30. The van der Waals surface area contributed by atoms with Gasteiger partial charge in [-0.15, -0.1) is 0 Å². The lowest BCUT2D eigenvalue weighted by atomic mass is 10.2. The highest BCUT2D eigenvalue weighted by Crippen LogP contribution is 2.17. The summed E-state index contributed by atoms with van der Waals surface area (Å²) in [6.45, 7) is -1.02. The largest absolute Gasteiger partial charge is 0.391 e. The van der Waals surface area contributed by atoms with E-state index in [1.165, 1.54) is 7.05 Å². The summed E-state index contributed by atoms with van der Waals surface area (Å²) in [5.74, 6) is -1.07. The van der Waals surface area contributed by atoms with Gasteiger partial charge in [0.15, 0.2) is 0 Å². The highest BCUT2D eigenvalue weighted by Gasteiger charge is 2.34. The number of hydrogen-bond acceptors (Lipinski definition) is 4. The molecule has 2 N–H and O–H groups in total. The monoisotopic (exact) mass is 171 g/mol. The van der Waals surface area contributed by atoms with Crippen molar-refractivity contribution < 1.29 is 19.8 Å². The summed E-state index contributed by atoms with van der Waals surface area (Å²) in [4.78, 5) is 23.1. The van der Waals surface area contributed by atoms with Gasteiger partial charge in [-0.25, -0.2) is 0 Å². The van der Waals surface area contributed by atoms with Gasteiger partial charge in [0.25, 0.3) is 11.8 Å². The van der Waals surface area contributed by atoms with E-state index in [0.29, 0.717) is 0 Å². The van der Waals surface area contributed by atoms with Crippen LogP contribution in [-0.4, -0.2) is 47.2 Å². The Bertz CT molecular complexity index is 243. The molecule has 0 radical (unpaired) electrons. The average molecular weight is 171 g/mol. The lowest BCUT2D eigenvalue weighted by Crippen LogP contribution is -2.27. The minimum atomic E-state index is -0.536. The second-order valence-electron chi connectivity index (χ2n) is 2.44. The van der Waals surface area contributed by atoms with E-state index in [1.54, 1.807) is 0 Å². The number of likely N-dealkylation sites (N-methyl/N-ethyl adjacent to an activating group) is 1. The van der Waals surface area contributed by atoms with Gasteiger partial charge in [0.2, 0.25) is 0 Å². The van der Waals surface area contributed by atoms with Gasteiger partial charge in [0.1, 0.15) is 0 Å². The summed E-state index contributed by atoms with van der Waals surface area (Å²) >= 11 is 0. The topological polar surface area (TPSA) is 77.8 Å². The third kappa shape index (κ3) is 1.03. The quantitative estimate of drug-likeness (QED) is 0.484. The molecule has 0 aromatic heterocycles. The Morgan fingerprint density at radius 3 is 1.67 bits per heavy atom. The van der Waals surface area contributed by atoms with Crippen LogP contribution in [0, 0.1) is 0 Å². The Hall–Kier alpha value is -1.20. The van der Waals surface area contributed by atoms with E-state index in [9.17, 15) is 9.59 Å². The van der Waals surface area contributed by atoms with Crippen LogP contribution in [0.25, 0.3) is 0 Å². The molecule has 0 aromatic rings. The number of aliphatic hydroxyl groups is 2. The van der Waals surface area contributed by atoms with Gasteiger partial charge in [-0.2, -0.15) is 0 Å². The average Bonchev–Trinajstić information content (AvgIpc) is 2.29. The normalized spacial score (nSPS) is 18.1. The zero-order valence-corrected chi connectivity index (χ0v) is 6.57. The number of rotatable bonds is 2. The van der Waals surface area contributed by atoms with E-state index in [4.69, 9.17) is 10.2 Å². The molecule has 0 aliphatic carbocycles. The lowest BCUT2D eigenvalue weighted by molar-refractivity contribution is -0.136. The maximum atomic E-state index is 11.1. The third-order valence-corrected chi connectivity index (χ3v) is 1.81. The molecule has 0 saturated heterocycles. The lowest BCUT2D eigenvalue weighted by Gasteiger charge is -2.05. The van der Waals surface area contributed by atoms with Crippen LogP contribution in [0.3, 0.4) is 0 Å². The number of aliphatic hydroxyl groups excluding tert-OH is 2. The van der Waals surface area contributed by atoms with Crippen LogP contribution in [0.15, 0.2) is 11.1 Å². The van der Waals surface area contributed by atoms with Gasteiger partial charge in [0.05, 0.1) is 24.4 Å². The predicted octanol–water partition coefficient (Wildman–Crippen LogP) is -1.73. The number of nitrogens with zero attached hydrogens (tertiary/aromatic N) is 1. The van der Waals surface area contributed by atoms with E-state index in [0.717, 1.165) is 4.90 Å². The van der Waals surface area contributed by atoms with Crippen molar-refractivity contribution >= 4 is 11.8 Å². The Morgan fingerprint density at radius 2 is 1.42 bits per heavy atom. The van der Waals surface area contributed by atoms with Gasteiger partial charge in [-0.1, -0.05) is 0 Å². The van der Waals surface area contributed by atoms with Crippen molar-refractivity contribution in [2.75, 3.05) is 20.3 Å². The number of carbonyl (C=O) groups is 2. The molecule has 2 amide bonds. The summed E-state index contributed by atoms with van der Waals surface area (Å²) in [5.41, 5.74) is -0.0185. The molecule has 12 heavy (non-hydrogen) atoms. The Morgan fingerprint density at radius 1 is 1.08 bits per heavy atom. The number of amides is 2. The van der Waals surface area contributed by atoms with Crippen LogP contribution in [-0.2, 0) is 9.59 Å². The fraction of sp³-hybridized carbons (Fsp3) is 0.429. The first-order chi connectivity index (χ1) is 5.63. The van der Waals surface area contributed by atoms with Crippen LogP contribution >= 0.6 is 0 Å². The van der Waals surface area contributed by atoms with Crippen molar-refractivity contribution in [3.8, 4) is 0 Å². The maximum Gasteiger partial charge on any atom is 0.259 e. The van der Waals surface area contributed by atoms with Gasteiger partial charge in [-0.3, -0.25) is 14.5 Å². The number of carbonyl (C=O) groups excluding carboxylic acids is 2. The van der Waals surface area contributed by atoms with Crippen LogP contribution in [0.5, 0.6) is 0 Å². The molecule has 0 bridgehead atoms. The fourth-order valence-electron chi connectivity index (χ4n) is 1.08. The predicted molar refractivity (Wildman–Crippen MR) is 39.0 cm³/mol. The second kappa shape index (κ2) is 3.04. The van der Waals surface area contributed by atoms with Gasteiger partial charge >= 0.3 is 0 Å². The van der Waals surface area contributed by atoms with E-state index in [2.05, 4.69) is 0 Å². The molecule has 0 spiro atoms. The van der Waals surface area contributed by atoms with Gasteiger partial charge in [-0.05, 0) is 0 Å². The molecule has 0 unspecified atom stereocenters. The molecule has 66 valence electrons. The van der Waals surface area contributed by atoms with Gasteiger partial charge < -0.3 is 10.2 Å². The van der Waals surface area contributed by atoms with Crippen molar-refractivity contribution in [1.82, 2.24) is 4.90 Å². The standard InChI is InChI=1S/C7H9NO4/c1-8-6(11)4(2-9)5(3-10)7(8)12/h9-10H,2-3H2,1H3. The Labute approximate surface area is 68.9 Å². The molecule has 1 heterocycles. The van der Waals surface area contributed by atoms with E-state index < -0.39 is 25.0 Å². The molecule has 1 aliphatic rings. The Balaban J connectivity index is 3.09. The van der Waals surface area contributed by atoms with Crippen molar-refractivity contribution in [3.05, 3.63) is 11.1 Å².